The Hall–Kier alpha value is -1.40. The van der Waals surface area contributed by atoms with E-state index in [1.807, 2.05) is 7.05 Å². The van der Waals surface area contributed by atoms with Gasteiger partial charge in [-0.2, -0.15) is 0 Å². The molecule has 0 fully saturated rings. The molecule has 2 heterocycles. The minimum atomic E-state index is -0.989. The largest absolute Gasteiger partial charge is 0.384 e. The van der Waals surface area contributed by atoms with Gasteiger partial charge in [0.25, 0.3) is 0 Å². The van der Waals surface area contributed by atoms with Crippen LogP contribution in [0.15, 0.2) is 12.4 Å². The Morgan fingerprint density at radius 1 is 1.47 bits per heavy atom. The van der Waals surface area contributed by atoms with Crippen molar-refractivity contribution in [1.29, 1.82) is 0 Å². The van der Waals surface area contributed by atoms with Gasteiger partial charge in [0, 0.05) is 7.05 Å². The number of imidazole rings is 1. The van der Waals surface area contributed by atoms with Gasteiger partial charge in [-0.25, -0.2) is 9.67 Å². The van der Waals surface area contributed by atoms with Crippen LogP contribution in [0, 0.1) is 0 Å². The van der Waals surface area contributed by atoms with Crippen molar-refractivity contribution < 1.29 is 5.11 Å². The highest BCUT2D eigenvalue weighted by atomic mass is 35.5. The maximum absolute atomic E-state index is 9.77. The van der Waals surface area contributed by atoms with E-state index >= 15 is 0 Å². The first-order valence-corrected chi connectivity index (χ1v) is 5.55. The molecule has 0 saturated carbocycles. The Labute approximate surface area is 104 Å². The van der Waals surface area contributed by atoms with Gasteiger partial charge in [-0.1, -0.05) is 16.8 Å². The van der Waals surface area contributed by atoms with Crippen molar-refractivity contribution in [2.75, 3.05) is 0 Å². The molecule has 0 aromatic carbocycles. The Bertz CT molecular complexity index is 525. The van der Waals surface area contributed by atoms with Crippen molar-refractivity contribution in [2.45, 2.75) is 26.0 Å². The number of nitrogens with zero attached hydrogens (tertiary/aromatic N) is 5. The molecule has 0 radical (unpaired) electrons. The van der Waals surface area contributed by atoms with Crippen molar-refractivity contribution in [3.63, 3.8) is 0 Å². The molecule has 92 valence electrons. The van der Waals surface area contributed by atoms with Gasteiger partial charge in [0.2, 0.25) is 0 Å². The molecular formula is C10H14ClN5O. The Balaban J connectivity index is 2.20. The molecule has 0 unspecified atom stereocenters. The zero-order valence-electron chi connectivity index (χ0n) is 9.92. The van der Waals surface area contributed by atoms with Crippen LogP contribution in [-0.2, 0) is 19.2 Å². The second kappa shape index (κ2) is 4.12. The second-order valence-electron chi connectivity index (χ2n) is 4.42. The van der Waals surface area contributed by atoms with E-state index in [9.17, 15) is 5.11 Å². The van der Waals surface area contributed by atoms with E-state index in [0.717, 1.165) is 5.82 Å². The van der Waals surface area contributed by atoms with E-state index in [1.165, 1.54) is 0 Å². The van der Waals surface area contributed by atoms with Gasteiger partial charge in [-0.05, 0) is 13.8 Å². The predicted octanol–water partition coefficient (Wildman–Crippen LogP) is 0.941. The standard InChI is InChI=1S/C10H14ClN5O/c1-10(2,17)7-5-16(14-13-7)6-9-12-4-8(11)15(9)3/h4-5,17H,6H2,1-3H3. The summed E-state index contributed by atoms with van der Waals surface area (Å²) >= 11 is 5.89. The molecule has 0 atom stereocenters. The van der Waals surface area contributed by atoms with Gasteiger partial charge in [0.05, 0.1) is 12.4 Å². The molecule has 0 saturated heterocycles. The third kappa shape index (κ3) is 2.48. The third-order valence-electron chi connectivity index (χ3n) is 2.50. The number of hydrogen-bond acceptors (Lipinski definition) is 4. The van der Waals surface area contributed by atoms with E-state index in [-0.39, 0.29) is 0 Å². The van der Waals surface area contributed by atoms with Gasteiger partial charge >= 0.3 is 0 Å². The average Bonchev–Trinajstić information content (AvgIpc) is 2.80. The quantitative estimate of drug-likeness (QED) is 0.886. The molecule has 0 aliphatic heterocycles. The number of aliphatic hydroxyl groups is 1. The smallest absolute Gasteiger partial charge is 0.131 e. The van der Waals surface area contributed by atoms with Gasteiger partial charge < -0.3 is 9.67 Å². The minimum absolute atomic E-state index is 0.465. The summed E-state index contributed by atoms with van der Waals surface area (Å²) in [5, 5.41) is 18.2. The number of halogens is 1. The van der Waals surface area contributed by atoms with Crippen LogP contribution in [0.1, 0.15) is 25.4 Å². The lowest BCUT2D eigenvalue weighted by Gasteiger charge is -2.11. The SMILES string of the molecule is Cn1c(Cl)cnc1Cn1cc(C(C)(C)O)nn1. The molecule has 6 nitrogen and oxygen atoms in total. The summed E-state index contributed by atoms with van der Waals surface area (Å²) in [5.74, 6) is 0.780. The van der Waals surface area contributed by atoms with E-state index in [1.54, 1.807) is 35.5 Å². The van der Waals surface area contributed by atoms with Crippen LogP contribution in [0.3, 0.4) is 0 Å². The van der Waals surface area contributed by atoms with Crippen LogP contribution in [0.2, 0.25) is 5.15 Å². The van der Waals surface area contributed by atoms with E-state index in [4.69, 9.17) is 11.6 Å². The lowest BCUT2D eigenvalue weighted by Crippen LogP contribution is -2.15. The van der Waals surface area contributed by atoms with Crippen LogP contribution in [0.25, 0.3) is 0 Å². The van der Waals surface area contributed by atoms with E-state index in [2.05, 4.69) is 15.3 Å². The maximum atomic E-state index is 9.77. The highest BCUT2D eigenvalue weighted by Crippen LogP contribution is 2.16. The fourth-order valence-electron chi connectivity index (χ4n) is 1.37. The van der Waals surface area contributed by atoms with Crippen LogP contribution in [0.4, 0.5) is 0 Å². The lowest BCUT2D eigenvalue weighted by molar-refractivity contribution is 0.0737. The minimum Gasteiger partial charge on any atom is -0.384 e. The monoisotopic (exact) mass is 255 g/mol. The normalized spacial score (nSPS) is 12.1. The Morgan fingerprint density at radius 2 is 2.18 bits per heavy atom. The third-order valence-corrected chi connectivity index (χ3v) is 2.85. The molecule has 0 aliphatic rings. The molecule has 2 aromatic heterocycles. The molecule has 2 aromatic rings. The second-order valence-corrected chi connectivity index (χ2v) is 4.80. The van der Waals surface area contributed by atoms with Gasteiger partial charge in [-0.15, -0.1) is 5.10 Å². The van der Waals surface area contributed by atoms with Gasteiger partial charge in [0.1, 0.15) is 28.8 Å². The highest BCUT2D eigenvalue weighted by Gasteiger charge is 2.20. The fraction of sp³-hybridized carbons (Fsp3) is 0.500. The molecule has 0 spiro atoms. The van der Waals surface area contributed by atoms with Crippen molar-refractivity contribution in [3.05, 3.63) is 29.1 Å². The van der Waals surface area contributed by atoms with E-state index in [0.29, 0.717) is 17.4 Å². The predicted molar refractivity (Wildman–Crippen MR) is 62.6 cm³/mol. The molecule has 0 amide bonds. The Kier molecular flexibility index (Phi) is 2.92. The number of aromatic nitrogens is 5. The average molecular weight is 256 g/mol. The molecule has 2 rings (SSSR count). The molecule has 7 heteroatoms. The summed E-state index contributed by atoms with van der Waals surface area (Å²) in [4.78, 5) is 4.16. The molecular weight excluding hydrogens is 242 g/mol. The first-order valence-electron chi connectivity index (χ1n) is 5.17. The highest BCUT2D eigenvalue weighted by molar-refractivity contribution is 6.29. The summed E-state index contributed by atoms with van der Waals surface area (Å²) in [6.07, 6.45) is 3.29. The lowest BCUT2D eigenvalue weighted by atomic mass is 10.1. The maximum Gasteiger partial charge on any atom is 0.131 e. The van der Waals surface area contributed by atoms with Crippen molar-refractivity contribution in [1.82, 2.24) is 24.5 Å². The topological polar surface area (TPSA) is 68.8 Å². The van der Waals surface area contributed by atoms with Crippen molar-refractivity contribution >= 4 is 11.6 Å². The van der Waals surface area contributed by atoms with E-state index < -0.39 is 5.60 Å². The van der Waals surface area contributed by atoms with Gasteiger partial charge in [0.15, 0.2) is 0 Å². The van der Waals surface area contributed by atoms with Crippen LogP contribution < -0.4 is 0 Å². The molecule has 1 N–H and O–H groups in total. The summed E-state index contributed by atoms with van der Waals surface area (Å²) in [5.41, 5.74) is -0.463. The summed E-state index contributed by atoms with van der Waals surface area (Å²) in [7, 11) is 1.83. The molecule has 0 bridgehead atoms. The summed E-state index contributed by atoms with van der Waals surface area (Å²) < 4.78 is 3.39. The summed E-state index contributed by atoms with van der Waals surface area (Å²) in [6.45, 7) is 3.80. The number of hydrogen-bond donors (Lipinski definition) is 1. The zero-order chi connectivity index (χ0) is 12.6. The van der Waals surface area contributed by atoms with Crippen LogP contribution in [-0.4, -0.2) is 29.7 Å². The summed E-state index contributed by atoms with van der Waals surface area (Å²) in [6, 6.07) is 0. The zero-order valence-corrected chi connectivity index (χ0v) is 10.7. The first kappa shape index (κ1) is 12.1. The van der Waals surface area contributed by atoms with Crippen molar-refractivity contribution in [2.24, 2.45) is 7.05 Å². The first-order chi connectivity index (χ1) is 7.88. The van der Waals surface area contributed by atoms with Crippen LogP contribution in [0.5, 0.6) is 0 Å². The van der Waals surface area contributed by atoms with Gasteiger partial charge in [-0.3, -0.25) is 0 Å². The molecule has 0 aliphatic carbocycles. The van der Waals surface area contributed by atoms with Crippen molar-refractivity contribution in [3.8, 4) is 0 Å². The Morgan fingerprint density at radius 3 is 2.65 bits per heavy atom. The fourth-order valence-corrected chi connectivity index (χ4v) is 1.52. The van der Waals surface area contributed by atoms with Crippen LogP contribution >= 0.6 is 11.6 Å². The molecule has 17 heavy (non-hydrogen) atoms. The number of rotatable bonds is 3.